The number of rotatable bonds is 8. The minimum absolute atomic E-state index is 0.413. The van der Waals surface area contributed by atoms with Gasteiger partial charge in [0.2, 0.25) is 11.9 Å². The number of hydrogen-bond donors (Lipinski definition) is 2. The summed E-state index contributed by atoms with van der Waals surface area (Å²) < 4.78 is 13.7. The molecular formula is C26H25N5O3S. The maximum Gasteiger partial charge on any atom is 0.248 e. The molecule has 3 N–H and O–H groups in total. The first-order chi connectivity index (χ1) is 17.0. The van der Waals surface area contributed by atoms with Crippen molar-refractivity contribution < 1.29 is 14.3 Å². The Hall–Kier alpha value is -4.11. The quantitative estimate of drug-likeness (QED) is 0.371. The lowest BCUT2D eigenvalue weighted by Crippen LogP contribution is -2.31. The second-order valence-corrected chi connectivity index (χ2v) is 8.97. The summed E-state index contributed by atoms with van der Waals surface area (Å²) in [6.45, 7) is 4.61. The van der Waals surface area contributed by atoms with Crippen molar-refractivity contribution in [3.63, 3.8) is 0 Å². The van der Waals surface area contributed by atoms with Crippen LogP contribution in [0.5, 0.6) is 11.5 Å². The number of nitrogens with zero attached hydrogens (tertiary/aromatic N) is 3. The van der Waals surface area contributed by atoms with Crippen LogP contribution in [-0.2, 0) is 11.4 Å². The Morgan fingerprint density at radius 2 is 1.94 bits per heavy atom. The van der Waals surface area contributed by atoms with Crippen molar-refractivity contribution in [2.45, 2.75) is 26.5 Å². The highest BCUT2D eigenvalue weighted by Crippen LogP contribution is 2.40. The fourth-order valence-electron chi connectivity index (χ4n) is 4.11. The van der Waals surface area contributed by atoms with Crippen molar-refractivity contribution in [3.8, 4) is 22.2 Å². The molecule has 1 aliphatic rings. The number of allylic oxidation sites excluding steroid dienone is 1. The Bertz CT molecular complexity index is 1380. The van der Waals surface area contributed by atoms with E-state index in [0.717, 1.165) is 16.0 Å². The number of carbonyl (C=O) groups is 1. The lowest BCUT2D eigenvalue weighted by molar-refractivity contribution is -0.115. The summed E-state index contributed by atoms with van der Waals surface area (Å²) in [6.07, 6.45) is 0. The molecular weight excluding hydrogens is 462 g/mol. The molecule has 0 saturated carbocycles. The number of ether oxygens (including phenoxy) is 2. The average molecular weight is 488 g/mol. The zero-order valence-electron chi connectivity index (χ0n) is 19.4. The van der Waals surface area contributed by atoms with E-state index in [1.165, 1.54) is 0 Å². The molecule has 4 aromatic rings. The number of nitrogens with two attached hydrogens (primary N) is 1. The predicted molar refractivity (Wildman–Crippen MR) is 135 cm³/mol. The van der Waals surface area contributed by atoms with Gasteiger partial charge < -0.3 is 20.5 Å². The molecule has 2 aromatic heterocycles. The number of thiophene rings is 1. The predicted octanol–water partition coefficient (Wildman–Crippen LogP) is 4.76. The lowest BCUT2D eigenvalue weighted by Gasteiger charge is -2.28. The molecule has 1 unspecified atom stereocenters. The van der Waals surface area contributed by atoms with Gasteiger partial charge >= 0.3 is 0 Å². The Kier molecular flexibility index (Phi) is 6.24. The van der Waals surface area contributed by atoms with Gasteiger partial charge in [0.1, 0.15) is 12.6 Å². The number of hydrogen-bond acceptors (Lipinski definition) is 7. The molecule has 9 heteroatoms. The Morgan fingerprint density at radius 3 is 2.66 bits per heavy atom. The van der Waals surface area contributed by atoms with E-state index in [9.17, 15) is 4.79 Å². The van der Waals surface area contributed by atoms with Crippen molar-refractivity contribution in [3.05, 3.63) is 88.4 Å². The molecule has 178 valence electrons. The largest absolute Gasteiger partial charge is 0.490 e. The van der Waals surface area contributed by atoms with E-state index in [4.69, 9.17) is 20.3 Å². The maximum atomic E-state index is 12.5. The van der Waals surface area contributed by atoms with Crippen molar-refractivity contribution in [2.75, 3.05) is 11.9 Å². The molecule has 0 aliphatic carbocycles. The number of amides is 1. The lowest BCUT2D eigenvalue weighted by atomic mass is 9.95. The van der Waals surface area contributed by atoms with Gasteiger partial charge in [0.25, 0.3) is 0 Å². The molecule has 2 aromatic carbocycles. The number of carbonyl (C=O) groups excluding carboxylic acids is 1. The second kappa shape index (κ2) is 9.63. The molecule has 0 fully saturated rings. The summed E-state index contributed by atoms with van der Waals surface area (Å²) in [5.74, 6) is 1.80. The third-order valence-corrected chi connectivity index (χ3v) is 6.55. The van der Waals surface area contributed by atoms with E-state index in [1.54, 1.807) is 16.0 Å². The number of aromatic nitrogens is 3. The van der Waals surface area contributed by atoms with Gasteiger partial charge in [0, 0.05) is 5.70 Å². The first-order valence-corrected chi connectivity index (χ1v) is 12.1. The number of fused-ring (bicyclic) bond motifs is 1. The van der Waals surface area contributed by atoms with E-state index in [0.29, 0.717) is 47.8 Å². The van der Waals surface area contributed by atoms with E-state index >= 15 is 0 Å². The van der Waals surface area contributed by atoms with Crippen molar-refractivity contribution in [2.24, 2.45) is 5.73 Å². The third kappa shape index (κ3) is 4.50. The van der Waals surface area contributed by atoms with E-state index in [-0.39, 0.29) is 0 Å². The minimum Gasteiger partial charge on any atom is -0.490 e. The fraction of sp³-hybridized carbons (Fsp3) is 0.192. The normalized spacial score (nSPS) is 14.9. The van der Waals surface area contributed by atoms with Gasteiger partial charge in [0.05, 0.1) is 17.1 Å². The summed E-state index contributed by atoms with van der Waals surface area (Å²) in [5.41, 5.74) is 8.74. The highest BCUT2D eigenvalue weighted by molar-refractivity contribution is 7.13. The standard InChI is InChI=1S/C26H25N5O3S/c1-3-33-20-14-18(11-12-19(20)34-15-17-8-5-4-6-9-17)23-22(24(27)32)16(2)28-26-29-25(30-31(23)26)21-10-7-13-35-21/h4-14,23H,3,15H2,1-2H3,(H2,27,32)(H,28,29,30). The van der Waals surface area contributed by atoms with Gasteiger partial charge in [-0.2, -0.15) is 4.98 Å². The zero-order valence-corrected chi connectivity index (χ0v) is 20.2. The Labute approximate surface area is 207 Å². The molecule has 35 heavy (non-hydrogen) atoms. The number of primary amides is 1. The molecule has 0 spiro atoms. The van der Waals surface area contributed by atoms with Crippen LogP contribution in [0.25, 0.3) is 10.7 Å². The van der Waals surface area contributed by atoms with E-state index in [1.807, 2.05) is 79.9 Å². The molecule has 0 radical (unpaired) electrons. The topological polar surface area (TPSA) is 104 Å². The zero-order chi connectivity index (χ0) is 24.4. The van der Waals surface area contributed by atoms with Crippen LogP contribution in [0, 0.1) is 0 Å². The van der Waals surface area contributed by atoms with Crippen LogP contribution in [-0.4, -0.2) is 27.3 Å². The SMILES string of the molecule is CCOc1cc(C2C(C(N)=O)=C(C)Nc3nc(-c4cccs4)nn32)ccc1OCc1ccccc1. The summed E-state index contributed by atoms with van der Waals surface area (Å²) in [7, 11) is 0. The highest BCUT2D eigenvalue weighted by atomic mass is 32.1. The van der Waals surface area contributed by atoms with E-state index in [2.05, 4.69) is 10.3 Å². The van der Waals surface area contributed by atoms with Gasteiger partial charge in [-0.15, -0.1) is 16.4 Å². The molecule has 0 saturated heterocycles. The number of anilines is 1. The average Bonchev–Trinajstić information content (AvgIpc) is 3.53. The monoisotopic (exact) mass is 487 g/mol. The van der Waals surface area contributed by atoms with Crippen molar-refractivity contribution in [1.29, 1.82) is 0 Å². The molecule has 5 rings (SSSR count). The van der Waals surface area contributed by atoms with Gasteiger partial charge in [0.15, 0.2) is 17.3 Å². The van der Waals surface area contributed by atoms with Gasteiger partial charge in [-0.1, -0.05) is 42.5 Å². The molecule has 0 bridgehead atoms. The van der Waals surface area contributed by atoms with E-state index < -0.39 is 11.9 Å². The second-order valence-electron chi connectivity index (χ2n) is 8.02. The van der Waals surface area contributed by atoms with Crippen LogP contribution < -0.4 is 20.5 Å². The van der Waals surface area contributed by atoms with Gasteiger partial charge in [-0.05, 0) is 48.6 Å². The van der Waals surface area contributed by atoms with Crippen LogP contribution in [0.2, 0.25) is 0 Å². The third-order valence-electron chi connectivity index (χ3n) is 5.68. The van der Waals surface area contributed by atoms with Crippen molar-refractivity contribution in [1.82, 2.24) is 14.8 Å². The summed E-state index contributed by atoms with van der Waals surface area (Å²) >= 11 is 1.55. The van der Waals surface area contributed by atoms with Crippen LogP contribution in [0.3, 0.4) is 0 Å². The molecule has 3 heterocycles. The molecule has 8 nitrogen and oxygen atoms in total. The summed E-state index contributed by atoms with van der Waals surface area (Å²) in [5, 5.41) is 9.88. The molecule has 1 amide bonds. The van der Waals surface area contributed by atoms with Crippen LogP contribution >= 0.6 is 11.3 Å². The first-order valence-electron chi connectivity index (χ1n) is 11.3. The highest BCUT2D eigenvalue weighted by Gasteiger charge is 2.34. The van der Waals surface area contributed by atoms with Crippen LogP contribution in [0.4, 0.5) is 5.95 Å². The summed E-state index contributed by atoms with van der Waals surface area (Å²) in [6, 6.07) is 18.9. The fourth-order valence-corrected chi connectivity index (χ4v) is 4.76. The maximum absolute atomic E-state index is 12.5. The summed E-state index contributed by atoms with van der Waals surface area (Å²) in [4.78, 5) is 18.1. The van der Waals surface area contributed by atoms with Crippen LogP contribution in [0.15, 0.2) is 77.3 Å². The van der Waals surface area contributed by atoms with Crippen LogP contribution in [0.1, 0.15) is 31.0 Å². The molecule has 1 aliphatic heterocycles. The smallest absolute Gasteiger partial charge is 0.248 e. The number of nitrogens with one attached hydrogen (secondary N) is 1. The first kappa shape index (κ1) is 22.7. The van der Waals surface area contributed by atoms with Crippen molar-refractivity contribution >= 4 is 23.2 Å². The Balaban J connectivity index is 1.55. The van der Waals surface area contributed by atoms with Gasteiger partial charge in [-0.3, -0.25) is 4.79 Å². The van der Waals surface area contributed by atoms with Gasteiger partial charge in [-0.25, -0.2) is 4.68 Å². The Morgan fingerprint density at radius 1 is 1.11 bits per heavy atom. The molecule has 1 atom stereocenters. The number of benzene rings is 2. The minimum atomic E-state index is -0.563.